The summed E-state index contributed by atoms with van der Waals surface area (Å²) < 4.78 is 6.84. The minimum Gasteiger partial charge on any atom is -0.506 e. The molecule has 0 aliphatic heterocycles. The van der Waals surface area contributed by atoms with Crippen molar-refractivity contribution >= 4 is 28.2 Å². The Kier molecular flexibility index (Phi) is 3.61. The predicted octanol–water partition coefficient (Wildman–Crippen LogP) is 4.21. The highest BCUT2D eigenvalue weighted by Gasteiger charge is 2.25. The minimum atomic E-state index is -0.439. The van der Waals surface area contributed by atoms with Gasteiger partial charge in [0.05, 0.1) is 33.7 Å². The molecule has 1 heterocycles. The van der Waals surface area contributed by atoms with Crippen molar-refractivity contribution in [1.82, 2.24) is 4.57 Å². The van der Waals surface area contributed by atoms with Gasteiger partial charge < -0.3 is 14.4 Å². The highest BCUT2D eigenvalue weighted by atomic mass is 35.5. The van der Waals surface area contributed by atoms with Crippen molar-refractivity contribution in [1.29, 1.82) is 0 Å². The lowest BCUT2D eigenvalue weighted by Crippen LogP contribution is -1.98. The summed E-state index contributed by atoms with van der Waals surface area (Å²) in [5.74, 6) is 0.560. The zero-order valence-corrected chi connectivity index (χ0v) is 13.2. The highest BCUT2D eigenvalue weighted by Crippen LogP contribution is 2.39. The molecule has 0 fully saturated rings. The number of halogens is 1. The SMILES string of the molecule is COc1ccc(-n2c(C)c([N+](=O)[O-])c3cc(Cl)c(O)cc32)cc1. The first-order valence-electron chi connectivity index (χ1n) is 6.76. The van der Waals surface area contributed by atoms with Crippen LogP contribution in [0.3, 0.4) is 0 Å². The van der Waals surface area contributed by atoms with Crippen LogP contribution in [0.5, 0.6) is 11.5 Å². The third kappa shape index (κ3) is 2.37. The molecule has 0 spiro atoms. The lowest BCUT2D eigenvalue weighted by molar-refractivity contribution is -0.383. The first kappa shape index (κ1) is 15.2. The first-order valence-corrected chi connectivity index (χ1v) is 7.14. The maximum absolute atomic E-state index is 11.4. The largest absolute Gasteiger partial charge is 0.506 e. The fourth-order valence-corrected chi connectivity index (χ4v) is 2.87. The maximum Gasteiger partial charge on any atom is 0.298 e. The molecule has 0 unspecified atom stereocenters. The summed E-state index contributed by atoms with van der Waals surface area (Å²) in [6, 6.07) is 9.96. The van der Waals surface area contributed by atoms with Crippen molar-refractivity contribution in [3.05, 3.63) is 57.2 Å². The third-order valence-electron chi connectivity index (χ3n) is 3.75. The molecule has 2 aromatic carbocycles. The number of aromatic nitrogens is 1. The minimum absolute atomic E-state index is 0.0299. The van der Waals surface area contributed by atoms with Crippen molar-refractivity contribution in [3.8, 4) is 17.2 Å². The number of phenolic OH excluding ortho intramolecular Hbond substituents is 1. The van der Waals surface area contributed by atoms with Gasteiger partial charge in [0.1, 0.15) is 11.5 Å². The van der Waals surface area contributed by atoms with Gasteiger partial charge in [-0.25, -0.2) is 0 Å². The van der Waals surface area contributed by atoms with Crippen LogP contribution < -0.4 is 4.74 Å². The summed E-state index contributed by atoms with van der Waals surface area (Å²) >= 11 is 5.91. The second kappa shape index (κ2) is 5.48. The van der Waals surface area contributed by atoms with Crippen LogP contribution in [0.2, 0.25) is 5.02 Å². The molecule has 0 saturated carbocycles. The molecule has 6 nitrogen and oxygen atoms in total. The number of hydrogen-bond donors (Lipinski definition) is 1. The standard InChI is InChI=1S/C16H13ClN2O4/c1-9-16(19(21)22)12-7-13(17)15(20)8-14(12)18(9)10-3-5-11(23-2)6-4-10/h3-8,20H,1-2H3. The number of aromatic hydroxyl groups is 1. The number of rotatable bonds is 3. The number of methoxy groups -OCH3 is 1. The van der Waals surface area contributed by atoms with Gasteiger partial charge in [0, 0.05) is 11.8 Å². The van der Waals surface area contributed by atoms with E-state index in [1.165, 1.54) is 12.1 Å². The second-order valence-corrected chi connectivity index (χ2v) is 5.45. The average molecular weight is 333 g/mol. The Morgan fingerprint density at radius 2 is 1.91 bits per heavy atom. The van der Waals surface area contributed by atoms with Crippen molar-refractivity contribution in [3.63, 3.8) is 0 Å². The fourth-order valence-electron chi connectivity index (χ4n) is 2.70. The quantitative estimate of drug-likeness (QED) is 0.575. The van der Waals surface area contributed by atoms with Gasteiger partial charge in [0.15, 0.2) is 0 Å². The van der Waals surface area contributed by atoms with Gasteiger partial charge in [0.25, 0.3) is 5.69 Å². The second-order valence-electron chi connectivity index (χ2n) is 5.05. The average Bonchev–Trinajstić information content (AvgIpc) is 2.79. The van der Waals surface area contributed by atoms with E-state index in [1.54, 1.807) is 42.9 Å². The lowest BCUT2D eigenvalue weighted by atomic mass is 10.2. The monoisotopic (exact) mass is 332 g/mol. The first-order chi connectivity index (χ1) is 10.9. The number of ether oxygens (including phenoxy) is 1. The van der Waals surface area contributed by atoms with E-state index >= 15 is 0 Å². The molecule has 0 aliphatic rings. The Morgan fingerprint density at radius 1 is 1.26 bits per heavy atom. The molecule has 7 heteroatoms. The van der Waals surface area contributed by atoms with Gasteiger partial charge in [0.2, 0.25) is 0 Å². The van der Waals surface area contributed by atoms with Crippen molar-refractivity contribution in [2.45, 2.75) is 6.92 Å². The Labute approximate surface area is 136 Å². The van der Waals surface area contributed by atoms with Gasteiger partial charge in [-0.05, 0) is 37.3 Å². The number of hydrogen-bond acceptors (Lipinski definition) is 4. The van der Waals surface area contributed by atoms with E-state index in [4.69, 9.17) is 16.3 Å². The van der Waals surface area contributed by atoms with E-state index in [-0.39, 0.29) is 16.5 Å². The molecule has 0 amide bonds. The Balaban J connectivity index is 2.37. The number of benzene rings is 2. The van der Waals surface area contributed by atoms with E-state index in [2.05, 4.69) is 0 Å². The zero-order valence-electron chi connectivity index (χ0n) is 12.4. The molecule has 0 saturated heterocycles. The number of fused-ring (bicyclic) bond motifs is 1. The molecule has 0 aliphatic carbocycles. The zero-order chi connectivity index (χ0) is 16.7. The molecule has 118 valence electrons. The van der Waals surface area contributed by atoms with Crippen LogP contribution >= 0.6 is 11.6 Å². The number of phenols is 1. The summed E-state index contributed by atoms with van der Waals surface area (Å²) in [6.45, 7) is 1.66. The van der Waals surface area contributed by atoms with Crippen LogP contribution in [0.1, 0.15) is 5.69 Å². The van der Waals surface area contributed by atoms with Crippen LogP contribution in [0.25, 0.3) is 16.6 Å². The van der Waals surface area contributed by atoms with Gasteiger partial charge in [-0.3, -0.25) is 10.1 Å². The molecule has 1 aromatic heterocycles. The van der Waals surface area contributed by atoms with E-state index in [9.17, 15) is 15.2 Å². The molecule has 23 heavy (non-hydrogen) atoms. The topological polar surface area (TPSA) is 77.5 Å². The van der Waals surface area contributed by atoms with Crippen LogP contribution in [0, 0.1) is 17.0 Å². The van der Waals surface area contributed by atoms with E-state index < -0.39 is 4.92 Å². The van der Waals surface area contributed by atoms with Crippen LogP contribution in [0.15, 0.2) is 36.4 Å². The van der Waals surface area contributed by atoms with E-state index in [0.717, 1.165) is 5.69 Å². The highest BCUT2D eigenvalue weighted by molar-refractivity contribution is 6.33. The molecule has 0 radical (unpaired) electrons. The third-order valence-corrected chi connectivity index (χ3v) is 4.06. The Bertz CT molecular complexity index is 916. The lowest BCUT2D eigenvalue weighted by Gasteiger charge is -2.09. The van der Waals surface area contributed by atoms with E-state index in [0.29, 0.717) is 22.3 Å². The summed E-state index contributed by atoms with van der Waals surface area (Å²) in [4.78, 5) is 11.0. The van der Waals surface area contributed by atoms with Crippen molar-refractivity contribution in [2.24, 2.45) is 0 Å². The molecule has 3 rings (SSSR count). The Morgan fingerprint density at radius 3 is 2.48 bits per heavy atom. The van der Waals surface area contributed by atoms with Crippen LogP contribution in [-0.2, 0) is 0 Å². The maximum atomic E-state index is 11.4. The molecule has 0 bridgehead atoms. The molecule has 1 N–H and O–H groups in total. The number of nitrogens with zero attached hydrogens (tertiary/aromatic N) is 2. The molecular weight excluding hydrogens is 320 g/mol. The fraction of sp³-hybridized carbons (Fsp3) is 0.125. The summed E-state index contributed by atoms with van der Waals surface area (Å²) in [6.07, 6.45) is 0. The summed E-state index contributed by atoms with van der Waals surface area (Å²) in [7, 11) is 1.57. The van der Waals surface area contributed by atoms with Gasteiger partial charge in [-0.1, -0.05) is 11.6 Å². The Hall–Kier alpha value is -2.73. The number of nitro groups is 1. The van der Waals surface area contributed by atoms with Gasteiger partial charge >= 0.3 is 0 Å². The van der Waals surface area contributed by atoms with E-state index in [1.807, 2.05) is 0 Å². The molecule has 3 aromatic rings. The predicted molar refractivity (Wildman–Crippen MR) is 87.9 cm³/mol. The molecule has 0 atom stereocenters. The van der Waals surface area contributed by atoms with Crippen LogP contribution in [0.4, 0.5) is 5.69 Å². The van der Waals surface area contributed by atoms with Crippen LogP contribution in [-0.4, -0.2) is 21.7 Å². The summed E-state index contributed by atoms with van der Waals surface area (Å²) in [5, 5.41) is 21.8. The normalized spacial score (nSPS) is 10.9. The van der Waals surface area contributed by atoms with Gasteiger partial charge in [-0.15, -0.1) is 0 Å². The smallest absolute Gasteiger partial charge is 0.298 e. The summed E-state index contributed by atoms with van der Waals surface area (Å²) in [5.41, 5.74) is 1.67. The van der Waals surface area contributed by atoms with Crippen molar-refractivity contribution < 1.29 is 14.8 Å². The molecular formula is C16H13ClN2O4. The van der Waals surface area contributed by atoms with Gasteiger partial charge in [-0.2, -0.15) is 0 Å². The van der Waals surface area contributed by atoms with Crippen molar-refractivity contribution in [2.75, 3.05) is 7.11 Å².